The van der Waals surface area contributed by atoms with Crippen LogP contribution in [0.25, 0.3) is 0 Å². The topological polar surface area (TPSA) is 52.3 Å². The molecule has 3 aromatic rings. The van der Waals surface area contributed by atoms with E-state index in [1.54, 1.807) is 28.6 Å². The molecule has 0 N–H and O–H groups in total. The van der Waals surface area contributed by atoms with Crippen molar-refractivity contribution in [1.82, 2.24) is 14.9 Å². The summed E-state index contributed by atoms with van der Waals surface area (Å²) in [4.78, 5) is 0. The number of aryl methyl sites for hydroxylation is 1. The van der Waals surface area contributed by atoms with E-state index in [9.17, 15) is 0 Å². The Hall–Kier alpha value is -2.31. The summed E-state index contributed by atoms with van der Waals surface area (Å²) in [6.07, 6.45) is 0. The van der Waals surface area contributed by atoms with Gasteiger partial charge in [0.25, 0.3) is 0 Å². The zero-order valence-corrected chi connectivity index (χ0v) is 15.1. The molecule has 1 aliphatic heterocycles. The molecule has 1 aliphatic rings. The smallest absolute Gasteiger partial charge is 0.212 e. The third-order valence-corrected chi connectivity index (χ3v) is 4.98. The zero-order valence-electron chi connectivity index (χ0n) is 13.5. The summed E-state index contributed by atoms with van der Waals surface area (Å²) in [6.45, 7) is 2.37. The van der Waals surface area contributed by atoms with Crippen LogP contribution < -0.4 is 4.74 Å². The lowest BCUT2D eigenvalue weighted by atomic mass is 10.1. The summed E-state index contributed by atoms with van der Waals surface area (Å²) in [5, 5.41) is 14.6. The first-order chi connectivity index (χ1) is 12.2. The van der Waals surface area contributed by atoms with Gasteiger partial charge >= 0.3 is 0 Å². The van der Waals surface area contributed by atoms with Crippen molar-refractivity contribution in [2.24, 2.45) is 5.10 Å². The normalized spacial score (nSPS) is 13.3. The first-order valence-corrected chi connectivity index (χ1v) is 9.16. The molecule has 0 radical (unpaired) electrons. The van der Waals surface area contributed by atoms with E-state index in [0.717, 1.165) is 27.9 Å². The molecule has 0 spiro atoms. The van der Waals surface area contributed by atoms with Crippen molar-refractivity contribution in [3.63, 3.8) is 0 Å². The Morgan fingerprint density at radius 1 is 1.08 bits per heavy atom. The van der Waals surface area contributed by atoms with Crippen LogP contribution >= 0.6 is 23.4 Å². The minimum absolute atomic E-state index is 0.292. The molecule has 0 bridgehead atoms. The van der Waals surface area contributed by atoms with E-state index >= 15 is 0 Å². The second-order valence-corrected chi connectivity index (χ2v) is 7.03. The summed E-state index contributed by atoms with van der Waals surface area (Å²) in [6, 6.07) is 15.6. The number of ether oxygens (including phenoxy) is 1. The first-order valence-electron chi connectivity index (χ1n) is 7.79. The number of fused-ring (bicyclic) bond motifs is 1. The first kappa shape index (κ1) is 16.2. The Bertz CT molecular complexity index is 919. The van der Waals surface area contributed by atoms with Crippen molar-refractivity contribution in [2.45, 2.75) is 18.7 Å². The van der Waals surface area contributed by atoms with Gasteiger partial charge < -0.3 is 4.74 Å². The van der Waals surface area contributed by atoms with Gasteiger partial charge in [-0.25, -0.2) is 0 Å². The molecule has 0 atom stereocenters. The number of aromatic nitrogens is 3. The second kappa shape index (κ2) is 6.90. The highest BCUT2D eigenvalue weighted by atomic mass is 35.5. The number of halogens is 1. The highest BCUT2D eigenvalue weighted by Crippen LogP contribution is 2.25. The van der Waals surface area contributed by atoms with Gasteiger partial charge in [-0.15, -0.1) is 10.2 Å². The molecule has 7 heteroatoms. The van der Waals surface area contributed by atoms with Crippen LogP contribution in [0.4, 0.5) is 0 Å². The summed E-state index contributed by atoms with van der Waals surface area (Å²) in [5.74, 6) is 2.17. The Labute approximate surface area is 154 Å². The molecule has 1 aromatic heterocycles. The van der Waals surface area contributed by atoms with Crippen molar-refractivity contribution in [3.8, 4) is 5.75 Å². The Morgan fingerprint density at radius 3 is 2.60 bits per heavy atom. The van der Waals surface area contributed by atoms with Gasteiger partial charge in [-0.1, -0.05) is 53.2 Å². The number of nitrogens with zero attached hydrogens (tertiary/aromatic N) is 4. The minimum atomic E-state index is 0.292. The van der Waals surface area contributed by atoms with E-state index in [1.165, 1.54) is 5.56 Å². The predicted octanol–water partition coefficient (Wildman–Crippen LogP) is 4.18. The Balaban J connectivity index is 1.56. The van der Waals surface area contributed by atoms with E-state index in [2.05, 4.69) is 41.4 Å². The lowest BCUT2D eigenvalue weighted by Gasteiger charge is -2.14. The molecule has 25 heavy (non-hydrogen) atoms. The number of rotatable bonds is 4. The van der Waals surface area contributed by atoms with Crippen LogP contribution in [0, 0.1) is 6.92 Å². The zero-order chi connectivity index (χ0) is 17.2. The van der Waals surface area contributed by atoms with Crippen LogP contribution in [-0.2, 0) is 6.61 Å². The molecule has 2 heterocycles. The molecule has 0 saturated carbocycles. The van der Waals surface area contributed by atoms with Crippen molar-refractivity contribution in [3.05, 3.63) is 70.5 Å². The van der Waals surface area contributed by atoms with Crippen molar-refractivity contribution < 1.29 is 4.74 Å². The maximum absolute atomic E-state index is 5.89. The molecule has 5 nitrogen and oxygen atoms in total. The largest absolute Gasteiger partial charge is 0.486 e. The highest BCUT2D eigenvalue weighted by Gasteiger charge is 2.20. The van der Waals surface area contributed by atoms with Crippen LogP contribution in [0.3, 0.4) is 0 Å². The predicted molar refractivity (Wildman–Crippen MR) is 99.6 cm³/mol. The molecule has 0 saturated heterocycles. The van der Waals surface area contributed by atoms with Crippen LogP contribution in [-0.4, -0.2) is 26.3 Å². The van der Waals surface area contributed by atoms with Gasteiger partial charge in [-0.3, -0.25) is 0 Å². The van der Waals surface area contributed by atoms with E-state index in [0.29, 0.717) is 17.5 Å². The summed E-state index contributed by atoms with van der Waals surface area (Å²) in [5.41, 5.74) is 3.35. The van der Waals surface area contributed by atoms with Crippen LogP contribution in [0.2, 0.25) is 5.02 Å². The van der Waals surface area contributed by atoms with Gasteiger partial charge in [-0.05, 0) is 36.8 Å². The fraction of sp³-hybridized carbons (Fsp3) is 0.167. The third-order valence-electron chi connectivity index (χ3n) is 3.80. The fourth-order valence-corrected chi connectivity index (χ4v) is 3.41. The van der Waals surface area contributed by atoms with Gasteiger partial charge in [-0.2, -0.15) is 9.78 Å². The average molecular weight is 371 g/mol. The van der Waals surface area contributed by atoms with Gasteiger partial charge in [0.1, 0.15) is 12.4 Å². The van der Waals surface area contributed by atoms with Gasteiger partial charge in [0.15, 0.2) is 5.82 Å². The SMILES string of the molecule is Cc1ccc(C2=Nn3c(COc4ccc(Cl)cc4)nnc3SC2)cc1. The summed E-state index contributed by atoms with van der Waals surface area (Å²) >= 11 is 7.51. The van der Waals surface area contributed by atoms with E-state index < -0.39 is 0 Å². The molecule has 0 aliphatic carbocycles. The summed E-state index contributed by atoms with van der Waals surface area (Å²) in [7, 11) is 0. The van der Waals surface area contributed by atoms with Gasteiger partial charge in [0.2, 0.25) is 5.16 Å². The maximum atomic E-state index is 5.89. The third kappa shape index (κ3) is 3.55. The molecule has 0 amide bonds. The van der Waals surface area contributed by atoms with E-state index in [-0.39, 0.29) is 0 Å². The number of hydrogen-bond donors (Lipinski definition) is 0. The maximum Gasteiger partial charge on any atom is 0.212 e. The molecule has 0 unspecified atom stereocenters. The molecule has 126 valence electrons. The molecular formula is C18H15ClN4OS. The van der Waals surface area contributed by atoms with Gasteiger partial charge in [0.05, 0.1) is 5.71 Å². The van der Waals surface area contributed by atoms with E-state index in [4.69, 9.17) is 21.4 Å². The lowest BCUT2D eigenvalue weighted by molar-refractivity contribution is 0.290. The minimum Gasteiger partial charge on any atom is -0.486 e. The van der Waals surface area contributed by atoms with Crippen molar-refractivity contribution >= 4 is 29.1 Å². The van der Waals surface area contributed by atoms with Crippen molar-refractivity contribution in [2.75, 3.05) is 5.75 Å². The van der Waals surface area contributed by atoms with Crippen LogP contribution in [0.5, 0.6) is 5.75 Å². The van der Waals surface area contributed by atoms with Gasteiger partial charge in [0, 0.05) is 10.8 Å². The number of hydrogen-bond acceptors (Lipinski definition) is 5. The molecule has 0 fully saturated rings. The fourth-order valence-electron chi connectivity index (χ4n) is 2.42. The second-order valence-electron chi connectivity index (χ2n) is 5.65. The monoisotopic (exact) mass is 370 g/mol. The van der Waals surface area contributed by atoms with Crippen LogP contribution in [0.15, 0.2) is 58.8 Å². The summed E-state index contributed by atoms with van der Waals surface area (Å²) < 4.78 is 7.53. The van der Waals surface area contributed by atoms with E-state index in [1.807, 2.05) is 12.1 Å². The Morgan fingerprint density at radius 2 is 1.84 bits per heavy atom. The highest BCUT2D eigenvalue weighted by molar-refractivity contribution is 7.99. The Kier molecular flexibility index (Phi) is 4.46. The molecule has 2 aromatic carbocycles. The van der Waals surface area contributed by atoms with Crippen molar-refractivity contribution in [1.29, 1.82) is 0 Å². The molecular weight excluding hydrogens is 356 g/mol. The molecule has 4 rings (SSSR count). The van der Waals surface area contributed by atoms with Crippen LogP contribution in [0.1, 0.15) is 17.0 Å². The quantitative estimate of drug-likeness (QED) is 0.691. The average Bonchev–Trinajstić information content (AvgIpc) is 3.04. The lowest BCUT2D eigenvalue weighted by Crippen LogP contribution is -2.15. The number of thioether (sulfide) groups is 1. The number of benzene rings is 2. The standard InChI is InChI=1S/C18H15ClN4OS/c1-12-2-4-13(5-3-12)16-11-25-18-21-20-17(23(18)22-16)10-24-15-8-6-14(19)7-9-15/h2-9H,10-11H2,1H3.